The molecule has 2 saturated heterocycles. The van der Waals surface area contributed by atoms with Crippen LogP contribution in [0.5, 0.6) is 0 Å². The molecular weight excluding hydrogens is 558 g/mol. The molecule has 3 aliphatic rings. The van der Waals surface area contributed by atoms with Gasteiger partial charge in [-0.2, -0.15) is 0 Å². The van der Waals surface area contributed by atoms with Gasteiger partial charge in [0.1, 0.15) is 11.2 Å². The molecule has 3 N–H and O–H groups in total. The van der Waals surface area contributed by atoms with Gasteiger partial charge in [0.2, 0.25) is 5.43 Å². The number of hydrogen-bond donors (Lipinski definition) is 3. The summed E-state index contributed by atoms with van der Waals surface area (Å²) in [5.74, 6) is -3.33. The van der Waals surface area contributed by atoms with E-state index in [4.69, 9.17) is 4.98 Å². The number of nitrogens with one attached hydrogen (secondary N) is 1. The monoisotopic (exact) mass is 588 g/mol. The van der Waals surface area contributed by atoms with Gasteiger partial charge in [0.25, 0.3) is 0 Å². The normalized spacial score (nSPS) is 21.2. The van der Waals surface area contributed by atoms with Crippen molar-refractivity contribution >= 4 is 28.4 Å². The first-order chi connectivity index (χ1) is 20.6. The molecule has 2 fully saturated rings. The Bertz CT molecular complexity index is 1890. The van der Waals surface area contributed by atoms with Gasteiger partial charge in [-0.25, -0.2) is 18.6 Å². The Labute approximate surface area is 245 Å². The van der Waals surface area contributed by atoms with Crippen LogP contribution in [0.1, 0.15) is 28.0 Å². The Morgan fingerprint density at radius 3 is 2.63 bits per heavy atom. The number of benzene rings is 1. The van der Waals surface area contributed by atoms with E-state index >= 15 is 4.39 Å². The fourth-order valence-corrected chi connectivity index (χ4v) is 7.19. The van der Waals surface area contributed by atoms with Gasteiger partial charge in [0.15, 0.2) is 11.6 Å². The number of halogens is 2. The molecule has 1 unspecified atom stereocenters. The van der Waals surface area contributed by atoms with Crippen LogP contribution in [-0.2, 0) is 13.5 Å². The van der Waals surface area contributed by atoms with Gasteiger partial charge in [-0.05, 0) is 25.1 Å². The van der Waals surface area contributed by atoms with Crippen molar-refractivity contribution in [3.8, 4) is 22.3 Å². The highest BCUT2D eigenvalue weighted by atomic mass is 19.2. The standard InChI is InChI=1S/C31H30F2N6O4/c1-34-21-8-20(32)27(33)25-15(21)7-22-26(25)28(39-12-18-23(13-39)37(2)5-4-24(18)40)17(10-35-22)14-6-16-29(41)19(31(42)43)11-38(3)30(16)36-9-14/h6,8-11,18,23-24,34,40H,4-5,7,12-13H2,1-3H3,(H,42,43)/t18-,23+,24?/m0/s1. The Morgan fingerprint density at radius 1 is 1.12 bits per heavy atom. The maximum Gasteiger partial charge on any atom is 0.341 e. The van der Waals surface area contributed by atoms with Crippen molar-refractivity contribution in [2.75, 3.05) is 43.9 Å². The zero-order valence-electron chi connectivity index (χ0n) is 23.9. The minimum atomic E-state index is -1.34. The highest BCUT2D eigenvalue weighted by molar-refractivity contribution is 5.98. The molecule has 2 aliphatic heterocycles. The summed E-state index contributed by atoms with van der Waals surface area (Å²) >= 11 is 0. The lowest BCUT2D eigenvalue weighted by Gasteiger charge is -2.36. The summed E-state index contributed by atoms with van der Waals surface area (Å²) in [5.41, 5.74) is 3.21. The molecule has 7 rings (SSSR count). The fourth-order valence-electron chi connectivity index (χ4n) is 7.19. The largest absolute Gasteiger partial charge is 0.477 e. The number of aryl methyl sites for hydroxylation is 1. The third-order valence-electron chi connectivity index (χ3n) is 9.36. The van der Waals surface area contributed by atoms with E-state index in [9.17, 15) is 24.2 Å². The number of carbonyl (C=O) groups is 1. The summed E-state index contributed by atoms with van der Waals surface area (Å²) in [5, 5.41) is 23.6. The van der Waals surface area contributed by atoms with E-state index in [2.05, 4.69) is 20.1 Å². The maximum absolute atomic E-state index is 15.7. The average molecular weight is 589 g/mol. The summed E-state index contributed by atoms with van der Waals surface area (Å²) in [4.78, 5) is 38.5. The number of carboxylic acid groups (broad SMARTS) is 1. The van der Waals surface area contributed by atoms with Gasteiger partial charge in [-0.3, -0.25) is 9.78 Å². The van der Waals surface area contributed by atoms with Crippen LogP contribution in [-0.4, -0.2) is 81.5 Å². The zero-order chi connectivity index (χ0) is 30.3. The van der Waals surface area contributed by atoms with Gasteiger partial charge in [-0.1, -0.05) is 0 Å². The van der Waals surface area contributed by atoms with E-state index < -0.39 is 29.1 Å². The molecule has 4 aromatic rings. The van der Waals surface area contributed by atoms with E-state index in [1.807, 2.05) is 7.05 Å². The van der Waals surface area contributed by atoms with Crippen molar-refractivity contribution in [1.29, 1.82) is 0 Å². The molecule has 0 amide bonds. The van der Waals surface area contributed by atoms with Crippen LogP contribution in [0.15, 0.2) is 35.5 Å². The smallest absolute Gasteiger partial charge is 0.341 e. The predicted octanol–water partition coefficient (Wildman–Crippen LogP) is 3.09. The number of fused-ring (bicyclic) bond motifs is 5. The number of nitrogens with zero attached hydrogens (tertiary/aromatic N) is 5. The lowest BCUT2D eigenvalue weighted by atomic mass is 9.90. The first kappa shape index (κ1) is 27.4. The second kappa shape index (κ2) is 9.81. The number of hydrogen-bond acceptors (Lipinski definition) is 8. The predicted molar refractivity (Wildman–Crippen MR) is 158 cm³/mol. The van der Waals surface area contributed by atoms with Crippen LogP contribution >= 0.6 is 0 Å². The molecule has 0 spiro atoms. The number of aliphatic hydroxyl groups is 1. The molecule has 43 heavy (non-hydrogen) atoms. The second-order valence-electron chi connectivity index (χ2n) is 11.7. The second-order valence-corrected chi connectivity index (χ2v) is 11.7. The van der Waals surface area contributed by atoms with Gasteiger partial charge in [0, 0.05) is 105 Å². The summed E-state index contributed by atoms with van der Waals surface area (Å²) in [6.45, 7) is 1.77. The number of aliphatic hydroxyl groups excluding tert-OH is 1. The van der Waals surface area contributed by atoms with Crippen molar-refractivity contribution in [2.24, 2.45) is 13.0 Å². The van der Waals surface area contributed by atoms with E-state index in [1.54, 1.807) is 32.6 Å². The molecule has 1 aliphatic carbocycles. The van der Waals surface area contributed by atoms with Crippen LogP contribution < -0.4 is 15.6 Å². The number of piperidine rings is 1. The third kappa shape index (κ3) is 4.04. The highest BCUT2D eigenvalue weighted by Gasteiger charge is 2.44. The molecule has 3 atom stereocenters. The van der Waals surface area contributed by atoms with Crippen molar-refractivity contribution in [2.45, 2.75) is 25.0 Å². The highest BCUT2D eigenvalue weighted by Crippen LogP contribution is 2.51. The third-order valence-corrected chi connectivity index (χ3v) is 9.36. The molecule has 0 saturated carbocycles. The van der Waals surface area contributed by atoms with E-state index in [1.165, 1.54) is 10.8 Å². The average Bonchev–Trinajstić information content (AvgIpc) is 3.61. The molecule has 3 aromatic heterocycles. The topological polar surface area (TPSA) is 124 Å². The molecule has 12 heteroatoms. The minimum absolute atomic E-state index is 0.0478. The Morgan fingerprint density at radius 2 is 1.91 bits per heavy atom. The number of aromatic carboxylic acids is 1. The van der Waals surface area contributed by atoms with Crippen molar-refractivity contribution < 1.29 is 23.8 Å². The van der Waals surface area contributed by atoms with Gasteiger partial charge in [-0.15, -0.1) is 0 Å². The molecule has 5 heterocycles. The van der Waals surface area contributed by atoms with E-state index in [0.717, 1.165) is 12.6 Å². The fraction of sp³-hybridized carbons (Fsp3) is 0.355. The first-order valence-electron chi connectivity index (χ1n) is 14.2. The zero-order valence-corrected chi connectivity index (χ0v) is 23.9. The molecule has 1 aromatic carbocycles. The number of likely N-dealkylation sites (tertiary alicyclic amines) is 1. The number of anilines is 2. The van der Waals surface area contributed by atoms with Crippen molar-refractivity contribution in [1.82, 2.24) is 19.4 Å². The van der Waals surface area contributed by atoms with E-state index in [0.29, 0.717) is 70.9 Å². The molecule has 10 nitrogen and oxygen atoms in total. The molecule has 0 bridgehead atoms. The lowest BCUT2D eigenvalue weighted by molar-refractivity contribution is 0.0185. The number of rotatable bonds is 4. The summed E-state index contributed by atoms with van der Waals surface area (Å²) < 4.78 is 32.2. The lowest BCUT2D eigenvalue weighted by Crippen LogP contribution is -2.48. The molecule has 0 radical (unpaired) electrons. The van der Waals surface area contributed by atoms with E-state index in [-0.39, 0.29) is 28.5 Å². The van der Waals surface area contributed by atoms with Crippen LogP contribution in [0, 0.1) is 17.6 Å². The number of likely N-dealkylation sites (N-methyl/N-ethyl adjacent to an activating group) is 1. The number of pyridine rings is 3. The SMILES string of the molecule is CNc1cc(F)c(F)c2c1Cc1ncc(-c3cnc4c(c3)c(=O)c(C(=O)O)cn4C)c(N3C[C@@H]4C(O)CCN(C)[C@@H]4C3)c1-2. The van der Waals surface area contributed by atoms with Crippen molar-refractivity contribution in [3.05, 3.63) is 69.4 Å². The Kier molecular flexibility index (Phi) is 6.26. The quantitative estimate of drug-likeness (QED) is 0.291. The minimum Gasteiger partial charge on any atom is -0.477 e. The van der Waals surface area contributed by atoms with Gasteiger partial charge < -0.3 is 29.9 Å². The van der Waals surface area contributed by atoms with Gasteiger partial charge >= 0.3 is 5.97 Å². The van der Waals surface area contributed by atoms with Crippen LogP contribution in [0.2, 0.25) is 0 Å². The summed E-state index contributed by atoms with van der Waals surface area (Å²) in [6.07, 6.45) is 4.92. The van der Waals surface area contributed by atoms with Crippen LogP contribution in [0.25, 0.3) is 33.3 Å². The van der Waals surface area contributed by atoms with Crippen LogP contribution in [0.4, 0.5) is 20.2 Å². The Hall–Kier alpha value is -4.42. The Balaban J connectivity index is 1.50. The van der Waals surface area contributed by atoms with Crippen LogP contribution in [0.3, 0.4) is 0 Å². The number of carboxylic acids is 1. The number of aromatic nitrogens is 3. The maximum atomic E-state index is 15.7. The summed E-state index contributed by atoms with van der Waals surface area (Å²) in [7, 11) is 5.30. The van der Waals surface area contributed by atoms with Gasteiger partial charge in [0.05, 0.1) is 22.9 Å². The first-order valence-corrected chi connectivity index (χ1v) is 14.2. The molecule has 222 valence electrons. The molecular formula is C31H30F2N6O4. The summed E-state index contributed by atoms with van der Waals surface area (Å²) in [6, 6.07) is 2.79. The van der Waals surface area contributed by atoms with Crippen molar-refractivity contribution in [3.63, 3.8) is 0 Å².